The van der Waals surface area contributed by atoms with Crippen LogP contribution in [-0.2, 0) is 0 Å². The van der Waals surface area contributed by atoms with E-state index in [4.69, 9.17) is 10.00 Å². The van der Waals surface area contributed by atoms with Gasteiger partial charge >= 0.3 is 0 Å². The monoisotopic (exact) mass is 296 g/mol. The zero-order chi connectivity index (χ0) is 14.8. The van der Waals surface area contributed by atoms with Crippen LogP contribution in [0.1, 0.15) is 11.3 Å². The van der Waals surface area contributed by atoms with Crippen LogP contribution in [0.15, 0.2) is 40.5 Å². The minimum absolute atomic E-state index is 0.545. The Morgan fingerprint density at radius 3 is 2.86 bits per heavy atom. The molecule has 0 spiro atoms. The molecule has 3 rings (SSSR count). The number of ether oxygens (including phenoxy) is 1. The van der Waals surface area contributed by atoms with Crippen LogP contribution in [0.5, 0.6) is 5.75 Å². The smallest absolute Gasteiger partial charge is 0.172 e. The predicted molar refractivity (Wildman–Crippen MR) is 80.5 cm³/mol. The Morgan fingerprint density at radius 1 is 1.24 bits per heavy atom. The maximum absolute atomic E-state index is 9.14. The third-order valence-electron chi connectivity index (χ3n) is 2.98. The average Bonchev–Trinajstić information content (AvgIpc) is 2.88. The van der Waals surface area contributed by atoms with Crippen LogP contribution >= 0.6 is 11.8 Å². The van der Waals surface area contributed by atoms with E-state index in [0.29, 0.717) is 15.7 Å². The minimum Gasteiger partial charge on any atom is -0.497 e. The normalized spacial score (nSPS) is 10.5. The lowest BCUT2D eigenvalue weighted by Gasteiger charge is -2.01. The van der Waals surface area contributed by atoms with Crippen molar-refractivity contribution >= 4 is 22.8 Å². The van der Waals surface area contributed by atoms with E-state index in [1.54, 1.807) is 13.2 Å². The van der Waals surface area contributed by atoms with Crippen molar-refractivity contribution in [2.75, 3.05) is 7.11 Å². The summed E-state index contributed by atoms with van der Waals surface area (Å²) in [5.74, 6) is 0.772. The Morgan fingerprint density at radius 2 is 2.10 bits per heavy atom. The highest BCUT2D eigenvalue weighted by molar-refractivity contribution is 7.99. The highest BCUT2D eigenvalue weighted by Gasteiger charge is 2.10. The lowest BCUT2D eigenvalue weighted by Crippen LogP contribution is -1.90. The molecule has 2 heterocycles. The molecule has 0 bridgehead atoms. The van der Waals surface area contributed by atoms with Crippen LogP contribution in [0.4, 0.5) is 0 Å². The van der Waals surface area contributed by atoms with E-state index < -0.39 is 0 Å². The fourth-order valence-electron chi connectivity index (χ4n) is 1.93. The molecule has 0 atom stereocenters. The lowest BCUT2D eigenvalue weighted by atomic mass is 10.3. The molecule has 2 aromatic heterocycles. The van der Waals surface area contributed by atoms with Crippen molar-refractivity contribution in [3.8, 4) is 11.8 Å². The van der Waals surface area contributed by atoms with E-state index in [1.165, 1.54) is 11.8 Å². The molecule has 0 saturated carbocycles. The van der Waals surface area contributed by atoms with E-state index in [9.17, 15) is 0 Å². The maximum atomic E-state index is 9.14. The van der Waals surface area contributed by atoms with Crippen molar-refractivity contribution < 1.29 is 4.74 Å². The first-order chi connectivity index (χ1) is 10.2. The van der Waals surface area contributed by atoms with E-state index >= 15 is 0 Å². The molecule has 0 aliphatic rings. The van der Waals surface area contributed by atoms with Gasteiger partial charge in [0.05, 0.1) is 23.7 Å². The van der Waals surface area contributed by atoms with Gasteiger partial charge in [0.25, 0.3) is 0 Å². The molecule has 1 N–H and O–H groups in total. The highest BCUT2D eigenvalue weighted by atomic mass is 32.2. The number of methoxy groups -OCH3 is 1. The first kappa shape index (κ1) is 13.5. The molecule has 5 nitrogen and oxygen atoms in total. The largest absolute Gasteiger partial charge is 0.497 e. The summed E-state index contributed by atoms with van der Waals surface area (Å²) < 4.78 is 5.19. The van der Waals surface area contributed by atoms with Gasteiger partial charge in [-0.3, -0.25) is 0 Å². The number of rotatable bonds is 3. The van der Waals surface area contributed by atoms with Gasteiger partial charge in [-0.25, -0.2) is 9.97 Å². The SMILES string of the molecule is COc1ccc2nc(Sc3nc(C)ccc3C#N)[nH]c2c1. The Bertz CT molecular complexity index is 850. The number of pyridine rings is 1. The molecule has 21 heavy (non-hydrogen) atoms. The number of imidazole rings is 1. The molecule has 0 aliphatic carbocycles. The van der Waals surface area contributed by atoms with E-state index in [2.05, 4.69) is 21.0 Å². The number of hydrogen-bond donors (Lipinski definition) is 1. The number of H-pyrrole nitrogens is 1. The zero-order valence-electron chi connectivity index (χ0n) is 11.5. The number of nitrogens with zero attached hydrogens (tertiary/aromatic N) is 3. The van der Waals surface area contributed by atoms with Gasteiger partial charge in [0.1, 0.15) is 16.8 Å². The van der Waals surface area contributed by atoms with Crippen LogP contribution in [0.25, 0.3) is 11.0 Å². The number of nitriles is 1. The number of benzene rings is 1. The lowest BCUT2D eigenvalue weighted by molar-refractivity contribution is 0.415. The third-order valence-corrected chi connectivity index (χ3v) is 3.87. The summed E-state index contributed by atoms with van der Waals surface area (Å²) in [7, 11) is 1.63. The summed E-state index contributed by atoms with van der Waals surface area (Å²) in [5, 5.41) is 10.5. The van der Waals surface area contributed by atoms with Gasteiger partial charge < -0.3 is 9.72 Å². The van der Waals surface area contributed by atoms with Crippen molar-refractivity contribution in [1.82, 2.24) is 15.0 Å². The molecular formula is C15H12N4OS. The number of fused-ring (bicyclic) bond motifs is 1. The van der Waals surface area contributed by atoms with Gasteiger partial charge in [0.2, 0.25) is 0 Å². The van der Waals surface area contributed by atoms with Crippen molar-refractivity contribution in [2.45, 2.75) is 17.1 Å². The Labute approximate surface area is 126 Å². The molecule has 1 aromatic carbocycles. The van der Waals surface area contributed by atoms with Crippen LogP contribution < -0.4 is 4.74 Å². The molecule has 0 amide bonds. The Balaban J connectivity index is 1.98. The average molecular weight is 296 g/mol. The van der Waals surface area contributed by atoms with Crippen molar-refractivity contribution in [3.63, 3.8) is 0 Å². The second-order valence-electron chi connectivity index (χ2n) is 4.44. The van der Waals surface area contributed by atoms with E-state index in [0.717, 1.165) is 22.5 Å². The third kappa shape index (κ3) is 2.69. The zero-order valence-corrected chi connectivity index (χ0v) is 12.4. The fraction of sp³-hybridized carbons (Fsp3) is 0.133. The second-order valence-corrected chi connectivity index (χ2v) is 5.42. The molecule has 104 valence electrons. The Kier molecular flexibility index (Phi) is 3.50. The van der Waals surface area contributed by atoms with E-state index in [-0.39, 0.29) is 0 Å². The maximum Gasteiger partial charge on any atom is 0.172 e. The molecule has 0 aliphatic heterocycles. The fourth-order valence-corrected chi connectivity index (χ4v) is 2.83. The number of nitrogens with one attached hydrogen (secondary N) is 1. The number of aryl methyl sites for hydroxylation is 1. The molecule has 0 saturated heterocycles. The van der Waals surface area contributed by atoms with Gasteiger partial charge in [-0.05, 0) is 43.0 Å². The summed E-state index contributed by atoms with van der Waals surface area (Å²) >= 11 is 1.35. The predicted octanol–water partition coefficient (Wildman–Crippen LogP) is 3.30. The van der Waals surface area contributed by atoms with Gasteiger partial charge in [-0.15, -0.1) is 0 Å². The topological polar surface area (TPSA) is 74.6 Å². The quantitative estimate of drug-likeness (QED) is 0.802. The minimum atomic E-state index is 0.545. The standard InChI is InChI=1S/C15H12N4OS/c1-9-3-4-10(8-16)14(17-9)21-15-18-12-6-5-11(20-2)7-13(12)19-15/h3-7H,1-2H3,(H,18,19). The summed E-state index contributed by atoms with van der Waals surface area (Å²) in [6, 6.07) is 11.4. The summed E-state index contributed by atoms with van der Waals surface area (Å²) in [6.07, 6.45) is 0. The van der Waals surface area contributed by atoms with Gasteiger partial charge in [0, 0.05) is 11.8 Å². The molecule has 0 fully saturated rings. The number of aromatic nitrogens is 3. The van der Waals surface area contributed by atoms with Gasteiger partial charge in [0.15, 0.2) is 5.16 Å². The van der Waals surface area contributed by atoms with Crippen molar-refractivity contribution in [3.05, 3.63) is 41.6 Å². The number of hydrogen-bond acceptors (Lipinski definition) is 5. The van der Waals surface area contributed by atoms with Gasteiger partial charge in [-0.2, -0.15) is 5.26 Å². The van der Waals surface area contributed by atoms with Crippen molar-refractivity contribution in [2.24, 2.45) is 0 Å². The summed E-state index contributed by atoms with van der Waals surface area (Å²) in [5.41, 5.74) is 3.16. The summed E-state index contributed by atoms with van der Waals surface area (Å²) in [6.45, 7) is 1.90. The van der Waals surface area contributed by atoms with Gasteiger partial charge in [-0.1, -0.05) is 0 Å². The first-order valence-corrected chi connectivity index (χ1v) is 7.10. The summed E-state index contributed by atoms with van der Waals surface area (Å²) in [4.78, 5) is 12.1. The Hall–Kier alpha value is -2.52. The highest BCUT2D eigenvalue weighted by Crippen LogP contribution is 2.29. The van der Waals surface area contributed by atoms with Crippen LogP contribution in [-0.4, -0.2) is 22.1 Å². The second kappa shape index (κ2) is 5.46. The molecule has 3 aromatic rings. The van der Waals surface area contributed by atoms with Crippen LogP contribution in [0.3, 0.4) is 0 Å². The van der Waals surface area contributed by atoms with E-state index in [1.807, 2.05) is 31.2 Å². The molecule has 0 unspecified atom stereocenters. The first-order valence-electron chi connectivity index (χ1n) is 6.29. The van der Waals surface area contributed by atoms with Crippen LogP contribution in [0, 0.1) is 18.3 Å². The van der Waals surface area contributed by atoms with Crippen molar-refractivity contribution in [1.29, 1.82) is 5.26 Å². The molecule has 6 heteroatoms. The number of aromatic amines is 1. The molecular weight excluding hydrogens is 284 g/mol. The molecule has 0 radical (unpaired) electrons. The van der Waals surface area contributed by atoms with Crippen LogP contribution in [0.2, 0.25) is 0 Å².